The third-order valence-corrected chi connectivity index (χ3v) is 6.50. The number of nitrogens with zero attached hydrogens (tertiary/aromatic N) is 4. The highest BCUT2D eigenvalue weighted by Crippen LogP contribution is 2.43. The summed E-state index contributed by atoms with van der Waals surface area (Å²) in [6.07, 6.45) is -9.40. The summed E-state index contributed by atoms with van der Waals surface area (Å²) >= 11 is 5.99. The lowest BCUT2D eigenvalue weighted by Crippen LogP contribution is -2.22. The summed E-state index contributed by atoms with van der Waals surface area (Å²) in [5.41, 5.74) is -4.71. The largest absolute Gasteiger partial charge is 0.419 e. The van der Waals surface area contributed by atoms with E-state index < -0.39 is 62.1 Å². The number of rotatable bonds is 7. The average molecular weight is 582 g/mol. The number of nitrogens with one attached hydrogen (secondary N) is 1. The molecule has 0 aliphatic heterocycles. The van der Waals surface area contributed by atoms with Crippen molar-refractivity contribution < 1.29 is 39.6 Å². The molecule has 0 radical (unpaired) electrons. The first-order valence-electron chi connectivity index (χ1n) is 10.4. The second-order valence-electron chi connectivity index (χ2n) is 7.98. The Kier molecular flexibility index (Phi) is 8.12. The highest BCUT2D eigenvalue weighted by Gasteiger charge is 2.43. The molecule has 0 saturated heterocycles. The maximum Gasteiger partial charge on any atom is 0.419 e. The lowest BCUT2D eigenvalue weighted by atomic mass is 10.1. The van der Waals surface area contributed by atoms with Crippen LogP contribution in [0.5, 0.6) is 0 Å². The molecule has 1 amide bonds. The van der Waals surface area contributed by atoms with Crippen LogP contribution in [0.4, 0.5) is 32.0 Å². The van der Waals surface area contributed by atoms with Gasteiger partial charge in [0.05, 0.1) is 29.6 Å². The quantitative estimate of drug-likeness (QED) is 0.240. The van der Waals surface area contributed by atoms with E-state index in [4.69, 9.17) is 11.6 Å². The zero-order chi connectivity index (χ0) is 28.5. The van der Waals surface area contributed by atoms with Crippen molar-refractivity contribution in [2.75, 3.05) is 19.4 Å². The van der Waals surface area contributed by atoms with Crippen LogP contribution in [0.25, 0.3) is 5.69 Å². The number of halogens is 7. The van der Waals surface area contributed by atoms with Gasteiger partial charge in [-0.1, -0.05) is 29.8 Å². The molecule has 1 N–H and O–H groups in total. The van der Waals surface area contributed by atoms with E-state index in [1.165, 1.54) is 26.2 Å². The molecule has 3 rings (SSSR count). The number of hydrogen-bond acceptors (Lipinski definition) is 4. The van der Waals surface area contributed by atoms with E-state index >= 15 is 0 Å². The van der Waals surface area contributed by atoms with Crippen LogP contribution in [0.15, 0.2) is 58.1 Å². The molecule has 2 aromatic carbocycles. The Morgan fingerprint density at radius 3 is 2.32 bits per heavy atom. The van der Waals surface area contributed by atoms with Gasteiger partial charge in [-0.05, 0) is 23.8 Å². The van der Waals surface area contributed by atoms with Gasteiger partial charge in [0, 0.05) is 25.3 Å². The Hall–Kier alpha value is -3.59. The van der Waals surface area contributed by atoms with Crippen LogP contribution >= 0.6 is 11.6 Å². The standard InChI is InChI=1S/C22H18ClF6N5O3S/c1-33(2)12-31-38(36,37)20-17(34-11-14(10-30-34)21(24,25)26)8-7-16(19(20)22(27,28)29)32-18(35)9-13-5-3-4-6-15(13)23/h3-8,10-12H,9H2,1-2H3,(H,32,35). The van der Waals surface area contributed by atoms with Crippen LogP contribution in [0, 0.1) is 0 Å². The molecule has 0 unspecified atom stereocenters. The van der Waals surface area contributed by atoms with Crippen molar-refractivity contribution in [3.8, 4) is 5.69 Å². The molecular formula is C22H18ClF6N5O3S. The molecule has 0 saturated carbocycles. The lowest BCUT2D eigenvalue weighted by Gasteiger charge is -2.20. The minimum atomic E-state index is -5.40. The van der Waals surface area contributed by atoms with Crippen LogP contribution in [0.2, 0.25) is 5.02 Å². The smallest absolute Gasteiger partial charge is 0.368 e. The molecule has 1 aromatic heterocycles. The molecule has 0 aliphatic carbocycles. The Morgan fingerprint density at radius 1 is 1.11 bits per heavy atom. The van der Waals surface area contributed by atoms with E-state index in [0.717, 1.165) is 11.0 Å². The average Bonchev–Trinajstić information content (AvgIpc) is 3.29. The topological polar surface area (TPSA) is 96.7 Å². The highest BCUT2D eigenvalue weighted by atomic mass is 35.5. The SMILES string of the molecule is CN(C)C=NS(=O)(=O)c1c(-n2cc(C(F)(F)F)cn2)ccc(NC(=O)Cc2ccccc2Cl)c1C(F)(F)F. The number of hydrogen-bond donors (Lipinski definition) is 1. The minimum Gasteiger partial charge on any atom is -0.368 e. The lowest BCUT2D eigenvalue weighted by molar-refractivity contribution is -0.139. The molecule has 16 heteroatoms. The fourth-order valence-corrected chi connectivity index (χ4v) is 4.75. The van der Waals surface area contributed by atoms with E-state index in [1.54, 1.807) is 12.1 Å². The van der Waals surface area contributed by atoms with Crippen LogP contribution in [-0.4, -0.2) is 49.4 Å². The predicted octanol–water partition coefficient (Wildman–Crippen LogP) is 5.02. The van der Waals surface area contributed by atoms with Gasteiger partial charge in [0.2, 0.25) is 5.91 Å². The summed E-state index contributed by atoms with van der Waals surface area (Å²) in [6.45, 7) is 0. The Balaban J connectivity index is 2.24. The maximum atomic E-state index is 14.4. The fourth-order valence-electron chi connectivity index (χ4n) is 3.22. The van der Waals surface area contributed by atoms with Crippen LogP contribution in [0.1, 0.15) is 16.7 Å². The van der Waals surface area contributed by atoms with Crippen molar-refractivity contribution in [2.24, 2.45) is 4.40 Å². The van der Waals surface area contributed by atoms with Gasteiger partial charge in [-0.15, -0.1) is 4.40 Å². The number of carbonyl (C=O) groups excluding carboxylic acids is 1. The molecule has 204 valence electrons. The van der Waals surface area contributed by atoms with Crippen LogP contribution < -0.4 is 5.32 Å². The zero-order valence-corrected chi connectivity index (χ0v) is 21.0. The van der Waals surface area contributed by atoms with Gasteiger partial charge in [0.15, 0.2) is 0 Å². The predicted molar refractivity (Wildman–Crippen MR) is 127 cm³/mol. The zero-order valence-electron chi connectivity index (χ0n) is 19.5. The molecule has 3 aromatic rings. The second kappa shape index (κ2) is 10.6. The Bertz CT molecular complexity index is 1480. The van der Waals surface area contributed by atoms with Crippen LogP contribution in [0.3, 0.4) is 0 Å². The molecular weight excluding hydrogens is 564 g/mol. The monoisotopic (exact) mass is 581 g/mol. The molecule has 1 heterocycles. The molecule has 8 nitrogen and oxygen atoms in total. The van der Waals surface area contributed by atoms with Gasteiger partial charge in [0.1, 0.15) is 16.8 Å². The first kappa shape index (κ1) is 29.0. The molecule has 0 spiro atoms. The fraction of sp³-hybridized carbons (Fsp3) is 0.227. The second-order valence-corrected chi connectivity index (χ2v) is 9.96. The van der Waals surface area contributed by atoms with Gasteiger partial charge in [-0.3, -0.25) is 4.79 Å². The van der Waals surface area contributed by atoms with Gasteiger partial charge in [-0.2, -0.15) is 39.9 Å². The first-order chi connectivity index (χ1) is 17.5. The van der Waals surface area contributed by atoms with E-state index in [0.29, 0.717) is 29.5 Å². The van der Waals surface area contributed by atoms with Crippen molar-refractivity contribution in [1.82, 2.24) is 14.7 Å². The number of sulfonamides is 1. The van der Waals surface area contributed by atoms with E-state index in [-0.39, 0.29) is 10.6 Å². The van der Waals surface area contributed by atoms with Crippen molar-refractivity contribution in [1.29, 1.82) is 0 Å². The summed E-state index contributed by atoms with van der Waals surface area (Å²) < 4.78 is 112. The van der Waals surface area contributed by atoms with Crippen molar-refractivity contribution >= 4 is 39.6 Å². The third kappa shape index (κ3) is 6.64. The Labute approximate surface area is 217 Å². The third-order valence-electron chi connectivity index (χ3n) is 4.83. The summed E-state index contributed by atoms with van der Waals surface area (Å²) in [6, 6.07) is 7.56. The van der Waals surface area contributed by atoms with Crippen molar-refractivity contribution in [3.63, 3.8) is 0 Å². The van der Waals surface area contributed by atoms with Crippen LogP contribution in [-0.2, 0) is 33.6 Å². The number of benzene rings is 2. The van der Waals surface area contributed by atoms with Crippen molar-refractivity contribution in [3.05, 3.63) is 70.5 Å². The number of anilines is 1. The normalized spacial score (nSPS) is 12.7. The summed E-state index contributed by atoms with van der Waals surface area (Å²) in [5.74, 6) is -0.963. The van der Waals surface area contributed by atoms with E-state index in [1.807, 2.05) is 5.32 Å². The van der Waals surface area contributed by atoms with E-state index in [9.17, 15) is 39.6 Å². The minimum absolute atomic E-state index is 0.175. The van der Waals surface area contributed by atoms with Gasteiger partial charge >= 0.3 is 12.4 Å². The number of aromatic nitrogens is 2. The molecule has 0 fully saturated rings. The number of alkyl halides is 6. The molecule has 0 atom stereocenters. The van der Waals surface area contributed by atoms with E-state index in [2.05, 4.69) is 9.50 Å². The Morgan fingerprint density at radius 2 is 1.76 bits per heavy atom. The number of amides is 1. The highest BCUT2D eigenvalue weighted by molar-refractivity contribution is 7.90. The van der Waals surface area contributed by atoms with Gasteiger partial charge in [0.25, 0.3) is 10.0 Å². The number of carbonyl (C=O) groups is 1. The maximum absolute atomic E-state index is 14.4. The molecule has 0 bridgehead atoms. The van der Waals surface area contributed by atoms with Gasteiger partial charge < -0.3 is 10.2 Å². The van der Waals surface area contributed by atoms with Crippen molar-refractivity contribution in [2.45, 2.75) is 23.7 Å². The summed E-state index contributed by atoms with van der Waals surface area (Å²) in [4.78, 5) is 12.2. The summed E-state index contributed by atoms with van der Waals surface area (Å²) in [5, 5.41) is 5.60. The molecule has 38 heavy (non-hydrogen) atoms. The van der Waals surface area contributed by atoms with Gasteiger partial charge in [-0.25, -0.2) is 4.68 Å². The summed E-state index contributed by atoms with van der Waals surface area (Å²) in [7, 11) is -2.51. The first-order valence-corrected chi connectivity index (χ1v) is 12.2. The molecule has 0 aliphatic rings.